The van der Waals surface area contributed by atoms with Crippen molar-refractivity contribution in [3.05, 3.63) is 99.5 Å². The lowest BCUT2D eigenvalue weighted by atomic mass is 10.0. The topological polar surface area (TPSA) is 52.6 Å². The first kappa shape index (κ1) is 21.8. The van der Waals surface area contributed by atoms with Crippen LogP contribution in [-0.4, -0.2) is 21.6 Å². The van der Waals surface area contributed by atoms with E-state index in [0.717, 1.165) is 16.7 Å². The van der Waals surface area contributed by atoms with Crippen LogP contribution in [0.5, 0.6) is 0 Å². The molecule has 0 aliphatic heterocycles. The summed E-state index contributed by atoms with van der Waals surface area (Å²) < 4.78 is 35.7. The van der Waals surface area contributed by atoms with Crippen LogP contribution in [0.1, 0.15) is 22.8 Å². The molecule has 0 fully saturated rings. The Morgan fingerprint density at radius 1 is 0.759 bits per heavy atom. The van der Waals surface area contributed by atoms with Crippen molar-refractivity contribution in [1.29, 1.82) is 0 Å². The highest BCUT2D eigenvalue weighted by Crippen LogP contribution is 2.28. The number of benzene rings is 3. The van der Waals surface area contributed by atoms with Gasteiger partial charge >= 0.3 is 0 Å². The highest BCUT2D eigenvalue weighted by atomic mass is 35.5. The van der Waals surface area contributed by atoms with Gasteiger partial charge < -0.3 is 4.74 Å². The Hall–Kier alpha value is -1.89. The van der Waals surface area contributed by atoms with Gasteiger partial charge in [0.05, 0.1) is 18.1 Å². The smallest absolute Gasteiger partial charge is 0.297 e. The van der Waals surface area contributed by atoms with E-state index in [9.17, 15) is 8.42 Å². The fourth-order valence-corrected chi connectivity index (χ4v) is 3.89. The minimum absolute atomic E-state index is 0.0843. The van der Waals surface area contributed by atoms with Crippen molar-refractivity contribution >= 4 is 33.3 Å². The normalized spacial score (nSPS) is 11.7. The molecule has 0 saturated carbocycles. The molecule has 0 saturated heterocycles. The van der Waals surface area contributed by atoms with Gasteiger partial charge in [0.25, 0.3) is 10.1 Å². The van der Waals surface area contributed by atoms with E-state index in [1.54, 1.807) is 36.4 Å². The zero-order valence-corrected chi connectivity index (χ0v) is 18.0. The van der Waals surface area contributed by atoms with Crippen LogP contribution in [0.25, 0.3) is 0 Å². The van der Waals surface area contributed by atoms with Crippen molar-refractivity contribution in [1.82, 2.24) is 0 Å². The van der Waals surface area contributed by atoms with Crippen LogP contribution in [0.3, 0.4) is 0 Å². The van der Waals surface area contributed by atoms with Crippen molar-refractivity contribution in [3.8, 4) is 0 Å². The first-order chi connectivity index (χ1) is 13.8. The third-order valence-corrected chi connectivity index (χ3v) is 6.09. The van der Waals surface area contributed by atoms with Crippen LogP contribution < -0.4 is 0 Å². The van der Waals surface area contributed by atoms with E-state index in [1.807, 2.05) is 31.2 Å². The van der Waals surface area contributed by atoms with Crippen LogP contribution in [0.4, 0.5) is 0 Å². The van der Waals surface area contributed by atoms with E-state index in [-0.39, 0.29) is 18.1 Å². The molecule has 0 aliphatic carbocycles. The van der Waals surface area contributed by atoms with Gasteiger partial charge in [-0.3, -0.25) is 4.18 Å². The number of ether oxygens (including phenoxy) is 1. The lowest BCUT2D eigenvalue weighted by Crippen LogP contribution is -2.14. The van der Waals surface area contributed by atoms with Gasteiger partial charge in [0.1, 0.15) is 6.10 Å². The molecular formula is C22H20Cl2O4S. The summed E-state index contributed by atoms with van der Waals surface area (Å²) in [5.74, 6) is 0. The molecule has 4 nitrogen and oxygen atoms in total. The van der Waals surface area contributed by atoms with Gasteiger partial charge in [-0.2, -0.15) is 8.42 Å². The molecule has 0 atom stereocenters. The molecule has 3 aromatic rings. The molecule has 0 radical (unpaired) electrons. The maximum Gasteiger partial charge on any atom is 0.297 e. The zero-order chi connectivity index (χ0) is 20.9. The number of hydrogen-bond donors (Lipinski definition) is 0. The summed E-state index contributed by atoms with van der Waals surface area (Å²) >= 11 is 12.0. The Balaban J connectivity index is 1.68. The van der Waals surface area contributed by atoms with Crippen LogP contribution in [0, 0.1) is 6.92 Å². The zero-order valence-electron chi connectivity index (χ0n) is 15.7. The molecule has 29 heavy (non-hydrogen) atoms. The van der Waals surface area contributed by atoms with E-state index in [1.165, 1.54) is 12.1 Å². The Kier molecular flexibility index (Phi) is 7.33. The summed E-state index contributed by atoms with van der Waals surface area (Å²) in [6.45, 7) is 1.87. The van der Waals surface area contributed by atoms with Crippen molar-refractivity contribution in [2.75, 3.05) is 13.2 Å². The van der Waals surface area contributed by atoms with Crippen LogP contribution in [0.2, 0.25) is 10.0 Å². The Bertz CT molecular complexity index is 986. The fourth-order valence-electron chi connectivity index (χ4n) is 2.74. The lowest BCUT2D eigenvalue weighted by Gasteiger charge is -2.19. The Labute approximate surface area is 181 Å². The highest BCUT2D eigenvalue weighted by Gasteiger charge is 2.18. The minimum atomic E-state index is -3.83. The third-order valence-electron chi connectivity index (χ3n) is 4.26. The van der Waals surface area contributed by atoms with E-state index in [2.05, 4.69) is 0 Å². The van der Waals surface area contributed by atoms with Crippen molar-refractivity contribution < 1.29 is 17.3 Å². The second kappa shape index (κ2) is 9.74. The maximum atomic E-state index is 12.3. The predicted molar refractivity (Wildman–Crippen MR) is 115 cm³/mol. The first-order valence-corrected chi connectivity index (χ1v) is 11.1. The van der Waals surface area contributed by atoms with E-state index < -0.39 is 16.2 Å². The largest absolute Gasteiger partial charge is 0.366 e. The van der Waals surface area contributed by atoms with Gasteiger partial charge in [-0.1, -0.05) is 65.2 Å². The average Bonchev–Trinajstić information content (AvgIpc) is 2.70. The SMILES string of the molecule is Cc1ccc(S(=O)(=O)OCCOC(c2ccc(Cl)cc2)c2ccc(Cl)cc2)cc1. The van der Waals surface area contributed by atoms with Crippen molar-refractivity contribution in [3.63, 3.8) is 0 Å². The molecule has 0 N–H and O–H groups in total. The Morgan fingerprint density at radius 2 is 1.24 bits per heavy atom. The number of aryl methyl sites for hydroxylation is 1. The Morgan fingerprint density at radius 3 is 1.72 bits per heavy atom. The summed E-state index contributed by atoms with van der Waals surface area (Å²) in [4.78, 5) is 0.120. The quantitative estimate of drug-likeness (QED) is 0.320. The third kappa shape index (κ3) is 6.04. The minimum Gasteiger partial charge on any atom is -0.366 e. The molecule has 0 spiro atoms. The monoisotopic (exact) mass is 450 g/mol. The van der Waals surface area contributed by atoms with Gasteiger partial charge in [-0.25, -0.2) is 0 Å². The van der Waals surface area contributed by atoms with Crippen molar-refractivity contribution in [2.45, 2.75) is 17.9 Å². The molecule has 3 aromatic carbocycles. The molecule has 0 amide bonds. The van der Waals surface area contributed by atoms with Gasteiger partial charge in [0, 0.05) is 10.0 Å². The molecule has 0 aromatic heterocycles. The number of hydrogen-bond acceptors (Lipinski definition) is 4. The van der Waals surface area contributed by atoms with Gasteiger partial charge in [0.15, 0.2) is 0 Å². The summed E-state index contributed by atoms with van der Waals surface area (Å²) in [6.07, 6.45) is -0.407. The molecule has 152 valence electrons. The van der Waals surface area contributed by atoms with Crippen LogP contribution in [0.15, 0.2) is 77.7 Å². The number of halogens is 2. The fraction of sp³-hybridized carbons (Fsp3) is 0.182. The molecule has 0 aliphatic rings. The maximum absolute atomic E-state index is 12.3. The lowest BCUT2D eigenvalue weighted by molar-refractivity contribution is 0.0574. The first-order valence-electron chi connectivity index (χ1n) is 8.94. The standard InChI is InChI=1S/C22H20Cl2O4S/c1-16-2-12-21(13-3-16)29(25,26)28-15-14-27-22(17-4-8-19(23)9-5-17)18-6-10-20(24)11-7-18/h2-13,22H,14-15H2,1H3. The summed E-state index contributed by atoms with van der Waals surface area (Å²) in [5.41, 5.74) is 2.75. The van der Waals surface area contributed by atoms with Gasteiger partial charge in [-0.15, -0.1) is 0 Å². The second-order valence-corrected chi connectivity index (χ2v) is 8.93. The van der Waals surface area contributed by atoms with Crippen molar-refractivity contribution in [2.24, 2.45) is 0 Å². The van der Waals surface area contributed by atoms with Crippen LogP contribution >= 0.6 is 23.2 Å². The molecule has 3 rings (SSSR count). The van der Waals surface area contributed by atoms with E-state index >= 15 is 0 Å². The van der Waals surface area contributed by atoms with Gasteiger partial charge in [0.2, 0.25) is 0 Å². The summed E-state index contributed by atoms with van der Waals surface area (Å²) in [6, 6.07) is 21.1. The van der Waals surface area contributed by atoms with Gasteiger partial charge in [-0.05, 0) is 54.4 Å². The molecule has 0 bridgehead atoms. The highest BCUT2D eigenvalue weighted by molar-refractivity contribution is 7.86. The molecule has 0 heterocycles. The van der Waals surface area contributed by atoms with Crippen LogP contribution in [-0.2, 0) is 19.0 Å². The molecular weight excluding hydrogens is 431 g/mol. The second-order valence-electron chi connectivity index (χ2n) is 6.44. The number of rotatable bonds is 8. The molecule has 7 heteroatoms. The summed E-state index contributed by atoms with van der Waals surface area (Å²) in [7, 11) is -3.83. The van der Waals surface area contributed by atoms with E-state index in [4.69, 9.17) is 32.1 Å². The average molecular weight is 451 g/mol. The van der Waals surface area contributed by atoms with E-state index in [0.29, 0.717) is 10.0 Å². The predicted octanol–water partition coefficient (Wildman–Crippen LogP) is 5.81. The summed E-state index contributed by atoms with van der Waals surface area (Å²) in [5, 5.41) is 1.24. The molecule has 0 unspecified atom stereocenters.